The average Bonchev–Trinajstić information content (AvgIpc) is 2.95. The molecule has 0 aliphatic rings. The molecule has 0 bridgehead atoms. The molecule has 0 unspecified atom stereocenters. The number of likely N-dealkylation sites (N-methyl/N-ethyl adjacent to an activating group) is 1. The van der Waals surface area contributed by atoms with Crippen molar-refractivity contribution in [3.05, 3.63) is 52.8 Å². The molecular weight excluding hydrogens is 368 g/mol. The first-order valence-electron chi connectivity index (χ1n) is 8.56. The molecule has 0 aliphatic heterocycles. The number of aromatic amines is 1. The summed E-state index contributed by atoms with van der Waals surface area (Å²) in [6.07, 6.45) is 0. The molecule has 2 rings (SSSR count). The quantitative estimate of drug-likeness (QED) is 0.577. The number of carbonyl (C=O) groups excluding carboxylic acids is 2. The van der Waals surface area contributed by atoms with Gasteiger partial charge in [0.15, 0.2) is 5.78 Å². The van der Waals surface area contributed by atoms with Crippen molar-refractivity contribution >= 4 is 21.8 Å². The summed E-state index contributed by atoms with van der Waals surface area (Å²) in [4.78, 5) is 28.0. The topological polar surface area (TPSA) is 96.5 Å². The van der Waals surface area contributed by atoms with E-state index in [2.05, 4.69) is 4.98 Å². The third-order valence-electron chi connectivity index (χ3n) is 4.51. The number of rotatable bonds is 7. The van der Waals surface area contributed by atoms with Crippen LogP contribution >= 0.6 is 0 Å². The summed E-state index contributed by atoms with van der Waals surface area (Å²) in [5, 5.41) is 0. The summed E-state index contributed by atoms with van der Waals surface area (Å²) in [6, 6.07) is 6.98. The van der Waals surface area contributed by atoms with E-state index in [1.165, 1.54) is 26.1 Å². The van der Waals surface area contributed by atoms with Crippen LogP contribution in [-0.2, 0) is 14.8 Å². The zero-order chi connectivity index (χ0) is 20.4. The summed E-state index contributed by atoms with van der Waals surface area (Å²) in [5.41, 5.74) is 1.46. The third-order valence-corrected chi connectivity index (χ3v) is 6.45. The van der Waals surface area contributed by atoms with Crippen molar-refractivity contribution in [2.75, 3.05) is 13.7 Å². The van der Waals surface area contributed by atoms with E-state index in [1.807, 2.05) is 0 Å². The summed E-state index contributed by atoms with van der Waals surface area (Å²) < 4.78 is 31.6. The van der Waals surface area contributed by atoms with E-state index in [4.69, 9.17) is 4.74 Å². The average molecular weight is 392 g/mol. The normalized spacial score (nSPS) is 12.8. The smallest absolute Gasteiger partial charge is 0.355 e. The lowest BCUT2D eigenvalue weighted by Gasteiger charge is -2.23. The van der Waals surface area contributed by atoms with Gasteiger partial charge in [0.05, 0.1) is 17.5 Å². The largest absolute Gasteiger partial charge is 0.461 e. The van der Waals surface area contributed by atoms with Crippen molar-refractivity contribution in [3.8, 4) is 0 Å². The second-order valence-electron chi connectivity index (χ2n) is 6.22. The van der Waals surface area contributed by atoms with Crippen LogP contribution in [0.15, 0.2) is 35.2 Å². The summed E-state index contributed by atoms with van der Waals surface area (Å²) in [7, 11) is -2.45. The van der Waals surface area contributed by atoms with E-state index in [0.717, 1.165) is 4.31 Å². The molecule has 7 nitrogen and oxygen atoms in total. The second kappa shape index (κ2) is 8.06. The molecule has 146 valence electrons. The Kier molecular flexibility index (Phi) is 6.22. The summed E-state index contributed by atoms with van der Waals surface area (Å²) in [6.45, 7) is 6.75. The van der Waals surface area contributed by atoms with Crippen molar-refractivity contribution in [2.45, 2.75) is 38.6 Å². The Labute approximate surface area is 159 Å². The van der Waals surface area contributed by atoms with Crippen LogP contribution in [0.2, 0.25) is 0 Å². The van der Waals surface area contributed by atoms with Gasteiger partial charge in [0.25, 0.3) is 0 Å². The van der Waals surface area contributed by atoms with E-state index in [9.17, 15) is 18.0 Å². The van der Waals surface area contributed by atoms with Crippen LogP contribution in [-0.4, -0.2) is 49.2 Å². The first-order valence-corrected chi connectivity index (χ1v) is 10.0. The zero-order valence-corrected chi connectivity index (χ0v) is 16.9. The standard InChI is InChI=1S/C19H24N2O5S/c1-6-26-19(23)17-12(2)16(13(3)20-17)18(22)14(4)21(5)27(24,25)15-10-8-7-9-11-15/h7-11,14,20H,6H2,1-5H3/t14-/m0/s1. The van der Waals surface area contributed by atoms with Gasteiger partial charge in [-0.2, -0.15) is 4.31 Å². The number of nitrogens with zero attached hydrogens (tertiary/aromatic N) is 1. The van der Waals surface area contributed by atoms with E-state index in [-0.39, 0.29) is 23.0 Å². The van der Waals surface area contributed by atoms with Crippen LogP contribution in [0.4, 0.5) is 0 Å². The number of H-pyrrole nitrogens is 1. The number of nitrogens with one attached hydrogen (secondary N) is 1. The zero-order valence-electron chi connectivity index (χ0n) is 16.1. The van der Waals surface area contributed by atoms with Crippen LogP contribution < -0.4 is 0 Å². The van der Waals surface area contributed by atoms with Gasteiger partial charge in [-0.15, -0.1) is 0 Å². The number of carbonyl (C=O) groups is 2. The van der Waals surface area contributed by atoms with Crippen LogP contribution in [0, 0.1) is 13.8 Å². The van der Waals surface area contributed by atoms with Gasteiger partial charge in [-0.25, -0.2) is 13.2 Å². The highest BCUT2D eigenvalue weighted by Gasteiger charge is 2.33. The van der Waals surface area contributed by atoms with Gasteiger partial charge in [-0.05, 0) is 45.4 Å². The highest BCUT2D eigenvalue weighted by molar-refractivity contribution is 7.89. The molecule has 2 aromatic rings. The summed E-state index contributed by atoms with van der Waals surface area (Å²) in [5.74, 6) is -0.936. The van der Waals surface area contributed by atoms with Crippen molar-refractivity contribution in [1.82, 2.24) is 9.29 Å². The fraction of sp³-hybridized carbons (Fsp3) is 0.368. The van der Waals surface area contributed by atoms with E-state index in [1.54, 1.807) is 39.0 Å². The lowest BCUT2D eigenvalue weighted by Crippen LogP contribution is -2.40. The van der Waals surface area contributed by atoms with Gasteiger partial charge in [0, 0.05) is 18.3 Å². The number of benzene rings is 1. The first kappa shape index (κ1) is 20.9. The molecule has 0 spiro atoms. The minimum atomic E-state index is -3.82. The Balaban J connectivity index is 2.36. The highest BCUT2D eigenvalue weighted by atomic mass is 32.2. The molecule has 0 fully saturated rings. The minimum absolute atomic E-state index is 0.113. The second-order valence-corrected chi connectivity index (χ2v) is 8.22. The number of esters is 1. The lowest BCUT2D eigenvalue weighted by molar-refractivity contribution is 0.0519. The van der Waals surface area contributed by atoms with E-state index in [0.29, 0.717) is 16.8 Å². The Morgan fingerprint density at radius 3 is 2.33 bits per heavy atom. The SMILES string of the molecule is CCOC(=O)c1[nH]c(C)c(C(=O)[C@H](C)N(C)S(=O)(=O)c2ccccc2)c1C. The predicted molar refractivity (Wildman–Crippen MR) is 101 cm³/mol. The van der Waals surface area contributed by atoms with Crippen LogP contribution in [0.1, 0.15) is 46.0 Å². The van der Waals surface area contributed by atoms with Gasteiger partial charge in [-0.3, -0.25) is 4.79 Å². The molecule has 8 heteroatoms. The summed E-state index contributed by atoms with van der Waals surface area (Å²) >= 11 is 0. The molecule has 27 heavy (non-hydrogen) atoms. The lowest BCUT2D eigenvalue weighted by atomic mass is 10.0. The fourth-order valence-electron chi connectivity index (χ4n) is 2.87. The molecule has 1 aromatic heterocycles. The number of hydrogen-bond acceptors (Lipinski definition) is 5. The molecular formula is C19H24N2O5S. The van der Waals surface area contributed by atoms with Crippen molar-refractivity contribution in [2.24, 2.45) is 0 Å². The maximum atomic E-state index is 13.0. The molecule has 1 atom stereocenters. The number of hydrogen-bond donors (Lipinski definition) is 1. The first-order chi connectivity index (χ1) is 12.6. The number of Topliss-reactive ketones (excluding diaryl/α,β-unsaturated/α-hetero) is 1. The molecule has 1 heterocycles. The van der Waals surface area contributed by atoms with Crippen LogP contribution in [0.5, 0.6) is 0 Å². The van der Waals surface area contributed by atoms with Crippen molar-refractivity contribution < 1.29 is 22.7 Å². The molecule has 0 radical (unpaired) electrons. The molecule has 1 N–H and O–H groups in total. The number of aromatic nitrogens is 1. The maximum Gasteiger partial charge on any atom is 0.355 e. The number of sulfonamides is 1. The number of ketones is 1. The van der Waals surface area contributed by atoms with Gasteiger partial charge >= 0.3 is 5.97 Å². The molecule has 0 saturated carbocycles. The number of aryl methyl sites for hydroxylation is 1. The van der Waals surface area contributed by atoms with Crippen molar-refractivity contribution in [1.29, 1.82) is 0 Å². The monoisotopic (exact) mass is 392 g/mol. The Bertz CT molecular complexity index is 948. The fourth-order valence-corrected chi connectivity index (χ4v) is 4.21. The molecule has 0 saturated heterocycles. The Morgan fingerprint density at radius 2 is 1.78 bits per heavy atom. The van der Waals surface area contributed by atoms with Gasteiger partial charge < -0.3 is 9.72 Å². The Morgan fingerprint density at radius 1 is 1.19 bits per heavy atom. The maximum absolute atomic E-state index is 13.0. The van der Waals surface area contributed by atoms with Gasteiger partial charge in [0.1, 0.15) is 5.69 Å². The van der Waals surface area contributed by atoms with E-state index < -0.39 is 22.0 Å². The Hall–Kier alpha value is -2.45. The molecule has 0 amide bonds. The van der Waals surface area contributed by atoms with Crippen LogP contribution in [0.25, 0.3) is 0 Å². The third kappa shape index (κ3) is 3.96. The number of ether oxygens (including phenoxy) is 1. The highest BCUT2D eigenvalue weighted by Crippen LogP contribution is 2.24. The molecule has 0 aliphatic carbocycles. The predicted octanol–water partition coefficient (Wildman–Crippen LogP) is 2.70. The van der Waals surface area contributed by atoms with E-state index >= 15 is 0 Å². The minimum Gasteiger partial charge on any atom is -0.461 e. The van der Waals surface area contributed by atoms with Crippen molar-refractivity contribution in [3.63, 3.8) is 0 Å². The van der Waals surface area contributed by atoms with Crippen LogP contribution in [0.3, 0.4) is 0 Å². The molecule has 1 aromatic carbocycles. The van der Waals surface area contributed by atoms with Gasteiger partial charge in [-0.1, -0.05) is 18.2 Å². The van der Waals surface area contributed by atoms with Gasteiger partial charge in [0.2, 0.25) is 10.0 Å².